The van der Waals surface area contributed by atoms with Crippen LogP contribution >= 0.6 is 11.3 Å². The second-order valence-corrected chi connectivity index (χ2v) is 7.03. The molecule has 3 rings (SSSR count). The lowest BCUT2D eigenvalue weighted by Gasteiger charge is -2.42. The maximum absolute atomic E-state index is 12.7. The van der Waals surface area contributed by atoms with Crippen LogP contribution in [0.4, 0.5) is 0 Å². The molecule has 2 fully saturated rings. The molecular weight excluding hydrogens is 316 g/mol. The fourth-order valence-electron chi connectivity index (χ4n) is 3.42. The third-order valence-corrected chi connectivity index (χ3v) is 5.74. The number of aliphatic carboxylic acids is 1. The van der Waals surface area contributed by atoms with E-state index >= 15 is 0 Å². The summed E-state index contributed by atoms with van der Waals surface area (Å²) in [5, 5.41) is 11.5. The first-order valence-corrected chi connectivity index (χ1v) is 8.85. The summed E-state index contributed by atoms with van der Waals surface area (Å²) in [4.78, 5) is 28.9. The van der Waals surface area contributed by atoms with E-state index in [9.17, 15) is 14.7 Å². The Morgan fingerprint density at radius 1 is 1.30 bits per heavy atom. The number of carboxylic acid groups (broad SMARTS) is 1. The van der Waals surface area contributed by atoms with Crippen LogP contribution in [0.3, 0.4) is 0 Å². The van der Waals surface area contributed by atoms with Crippen LogP contribution in [0.15, 0.2) is 11.4 Å². The van der Waals surface area contributed by atoms with Gasteiger partial charge in [-0.2, -0.15) is 0 Å². The van der Waals surface area contributed by atoms with Gasteiger partial charge in [0.2, 0.25) is 0 Å². The van der Waals surface area contributed by atoms with E-state index in [2.05, 4.69) is 4.90 Å². The molecule has 2 aliphatic rings. The smallest absolute Gasteiger partial charge is 0.326 e. The number of likely N-dealkylation sites (tertiary alicyclic amines) is 1. The molecule has 0 bridgehead atoms. The van der Waals surface area contributed by atoms with Gasteiger partial charge in [-0.25, -0.2) is 4.79 Å². The van der Waals surface area contributed by atoms with Crippen LogP contribution < -0.4 is 0 Å². The molecule has 1 aromatic rings. The van der Waals surface area contributed by atoms with Crippen molar-refractivity contribution in [2.45, 2.75) is 31.8 Å². The maximum atomic E-state index is 12.7. The van der Waals surface area contributed by atoms with Gasteiger partial charge in [0.05, 0.1) is 18.1 Å². The molecule has 0 radical (unpaired) electrons. The van der Waals surface area contributed by atoms with E-state index in [4.69, 9.17) is 4.74 Å². The summed E-state index contributed by atoms with van der Waals surface area (Å²) in [5.41, 5.74) is 0.916. The number of thiophene rings is 1. The van der Waals surface area contributed by atoms with Gasteiger partial charge < -0.3 is 14.7 Å². The van der Waals surface area contributed by atoms with E-state index in [1.54, 1.807) is 0 Å². The van der Waals surface area contributed by atoms with Gasteiger partial charge in [-0.05, 0) is 36.8 Å². The molecule has 1 N–H and O–H groups in total. The van der Waals surface area contributed by atoms with Crippen molar-refractivity contribution in [3.05, 3.63) is 21.9 Å². The number of aryl methyl sites for hydroxylation is 1. The van der Waals surface area contributed by atoms with Crippen LogP contribution in [-0.2, 0) is 9.53 Å². The predicted molar refractivity (Wildman–Crippen MR) is 86.9 cm³/mol. The van der Waals surface area contributed by atoms with Crippen LogP contribution in [0.5, 0.6) is 0 Å². The van der Waals surface area contributed by atoms with Gasteiger partial charge in [-0.1, -0.05) is 0 Å². The lowest BCUT2D eigenvalue weighted by molar-refractivity contribution is -0.144. The SMILES string of the molecule is Cc1ccsc1C(=O)N1CC[C@@H](N2CCOCC2)C[C@H]1C(=O)O. The topological polar surface area (TPSA) is 70.1 Å². The first kappa shape index (κ1) is 16.4. The van der Waals surface area contributed by atoms with E-state index in [0.717, 1.165) is 25.1 Å². The zero-order valence-electron chi connectivity index (χ0n) is 13.2. The van der Waals surface area contributed by atoms with Crippen molar-refractivity contribution in [1.82, 2.24) is 9.80 Å². The molecule has 0 aromatic carbocycles. The summed E-state index contributed by atoms with van der Waals surface area (Å²) in [6.45, 7) is 5.47. The monoisotopic (exact) mass is 338 g/mol. The third kappa shape index (κ3) is 3.41. The molecule has 126 valence electrons. The highest BCUT2D eigenvalue weighted by molar-refractivity contribution is 7.12. The van der Waals surface area contributed by atoms with Crippen molar-refractivity contribution >= 4 is 23.2 Å². The van der Waals surface area contributed by atoms with E-state index < -0.39 is 12.0 Å². The van der Waals surface area contributed by atoms with Crippen LogP contribution in [0.1, 0.15) is 28.1 Å². The van der Waals surface area contributed by atoms with Gasteiger partial charge in [-0.15, -0.1) is 11.3 Å². The van der Waals surface area contributed by atoms with Gasteiger partial charge in [0.25, 0.3) is 5.91 Å². The minimum absolute atomic E-state index is 0.148. The first-order chi connectivity index (χ1) is 11.1. The second-order valence-electron chi connectivity index (χ2n) is 6.11. The van der Waals surface area contributed by atoms with E-state index in [1.807, 2.05) is 18.4 Å². The zero-order chi connectivity index (χ0) is 16.4. The van der Waals surface area contributed by atoms with Crippen LogP contribution in [-0.4, -0.2) is 71.7 Å². The van der Waals surface area contributed by atoms with Crippen LogP contribution in [0, 0.1) is 6.92 Å². The molecule has 1 aromatic heterocycles. The van der Waals surface area contributed by atoms with E-state index in [0.29, 0.717) is 31.1 Å². The summed E-state index contributed by atoms with van der Waals surface area (Å²) < 4.78 is 5.37. The van der Waals surface area contributed by atoms with Crippen LogP contribution in [0.2, 0.25) is 0 Å². The number of piperidine rings is 1. The molecule has 0 saturated carbocycles. The van der Waals surface area contributed by atoms with Gasteiger partial charge in [0.15, 0.2) is 0 Å². The lowest BCUT2D eigenvalue weighted by atomic mass is 9.95. The Kier molecular flexibility index (Phi) is 4.99. The molecule has 0 aliphatic carbocycles. The molecule has 6 nitrogen and oxygen atoms in total. The van der Waals surface area contributed by atoms with E-state index in [1.165, 1.54) is 16.2 Å². The number of ether oxygens (including phenoxy) is 1. The summed E-state index contributed by atoms with van der Waals surface area (Å²) in [6.07, 6.45) is 1.31. The Morgan fingerprint density at radius 2 is 2.04 bits per heavy atom. The molecule has 3 heterocycles. The Morgan fingerprint density at radius 3 is 2.65 bits per heavy atom. The van der Waals surface area contributed by atoms with Crippen molar-refractivity contribution in [2.24, 2.45) is 0 Å². The fourth-order valence-corrected chi connectivity index (χ4v) is 4.30. The minimum atomic E-state index is -0.912. The summed E-state index contributed by atoms with van der Waals surface area (Å²) in [5.74, 6) is -1.06. The molecule has 0 unspecified atom stereocenters. The highest BCUT2D eigenvalue weighted by atomic mass is 32.1. The number of carbonyl (C=O) groups excluding carboxylic acids is 1. The maximum Gasteiger partial charge on any atom is 0.326 e. The standard InChI is InChI=1S/C16H22N2O4S/c1-11-3-9-23-14(11)15(19)18-4-2-12(10-13(18)16(20)21)17-5-7-22-8-6-17/h3,9,12-13H,2,4-8,10H2,1H3,(H,20,21)/t12-,13+/m1/s1. The molecule has 2 aliphatic heterocycles. The molecule has 23 heavy (non-hydrogen) atoms. The molecule has 7 heteroatoms. The number of carboxylic acids is 1. The summed E-state index contributed by atoms with van der Waals surface area (Å²) >= 11 is 1.38. The van der Waals surface area contributed by atoms with Gasteiger partial charge in [0.1, 0.15) is 6.04 Å². The highest BCUT2D eigenvalue weighted by Crippen LogP contribution is 2.27. The highest BCUT2D eigenvalue weighted by Gasteiger charge is 2.39. The second kappa shape index (κ2) is 6.98. The number of hydrogen-bond acceptors (Lipinski definition) is 5. The van der Waals surface area contributed by atoms with Crippen molar-refractivity contribution in [3.63, 3.8) is 0 Å². The average Bonchev–Trinajstić information content (AvgIpc) is 3.00. The number of morpholine rings is 1. The van der Waals surface area contributed by atoms with Crippen molar-refractivity contribution in [2.75, 3.05) is 32.8 Å². The molecule has 2 atom stereocenters. The van der Waals surface area contributed by atoms with Crippen molar-refractivity contribution in [1.29, 1.82) is 0 Å². The van der Waals surface area contributed by atoms with Gasteiger partial charge in [-0.3, -0.25) is 9.69 Å². The summed E-state index contributed by atoms with van der Waals surface area (Å²) in [7, 11) is 0. The quantitative estimate of drug-likeness (QED) is 0.903. The zero-order valence-corrected chi connectivity index (χ0v) is 14.1. The van der Waals surface area contributed by atoms with E-state index in [-0.39, 0.29) is 11.9 Å². The largest absolute Gasteiger partial charge is 0.480 e. The fraction of sp³-hybridized carbons (Fsp3) is 0.625. The number of hydrogen-bond donors (Lipinski definition) is 1. The van der Waals surface area contributed by atoms with Gasteiger partial charge >= 0.3 is 5.97 Å². The summed E-state index contributed by atoms with van der Waals surface area (Å²) in [6, 6.07) is 1.37. The van der Waals surface area contributed by atoms with Crippen LogP contribution in [0.25, 0.3) is 0 Å². The Labute approximate surface area is 139 Å². The minimum Gasteiger partial charge on any atom is -0.480 e. The number of amides is 1. The molecule has 1 amide bonds. The molecule has 2 saturated heterocycles. The van der Waals surface area contributed by atoms with Crippen molar-refractivity contribution < 1.29 is 19.4 Å². The molecular formula is C16H22N2O4S. The Bertz CT molecular complexity index is 582. The van der Waals surface area contributed by atoms with Crippen molar-refractivity contribution in [3.8, 4) is 0 Å². The first-order valence-electron chi connectivity index (χ1n) is 7.97. The third-order valence-electron chi connectivity index (χ3n) is 4.74. The normalized spacial score (nSPS) is 26.2. The van der Waals surface area contributed by atoms with Gasteiger partial charge in [0, 0.05) is 25.7 Å². The lowest BCUT2D eigenvalue weighted by Crippen LogP contribution is -2.56. The molecule has 0 spiro atoms. The Hall–Kier alpha value is -1.44. The number of rotatable bonds is 3. The Balaban J connectivity index is 1.73. The number of nitrogens with zero attached hydrogens (tertiary/aromatic N) is 2. The predicted octanol–water partition coefficient (Wildman–Crippen LogP) is 1.45. The average molecular weight is 338 g/mol. The number of carbonyl (C=O) groups is 2.